The summed E-state index contributed by atoms with van der Waals surface area (Å²) in [5, 5.41) is 3.80. The van der Waals surface area contributed by atoms with Crippen molar-refractivity contribution in [2.45, 2.75) is 37.7 Å². The highest BCUT2D eigenvalue weighted by atomic mass is 32.2. The molecule has 38 heavy (non-hydrogen) atoms. The molecule has 3 aromatic rings. The molecule has 0 saturated carbocycles. The van der Waals surface area contributed by atoms with E-state index in [1.807, 2.05) is 31.2 Å². The summed E-state index contributed by atoms with van der Waals surface area (Å²) in [6.45, 7) is 4.16. The molecule has 5 rings (SSSR count). The van der Waals surface area contributed by atoms with Crippen LogP contribution in [0.4, 0.5) is 14.5 Å². The molecule has 0 radical (unpaired) electrons. The molecule has 0 N–H and O–H groups in total. The summed E-state index contributed by atoms with van der Waals surface area (Å²) in [4.78, 5) is 15.1. The smallest absolute Gasteiger partial charge is 0.248 e. The lowest BCUT2D eigenvalue weighted by atomic mass is 9.95. The van der Waals surface area contributed by atoms with E-state index in [2.05, 4.69) is 5.16 Å². The van der Waals surface area contributed by atoms with E-state index in [0.717, 1.165) is 17.8 Å². The van der Waals surface area contributed by atoms with Crippen molar-refractivity contribution in [2.24, 2.45) is 5.92 Å². The summed E-state index contributed by atoms with van der Waals surface area (Å²) >= 11 is 0. The Balaban J connectivity index is 1.31. The fraction of sp³-hybridized carbons (Fsp3) is 0.333. The number of amides is 1. The Morgan fingerprint density at radius 3 is 2.58 bits per heavy atom. The predicted octanol–water partition coefficient (Wildman–Crippen LogP) is 4.65. The minimum atomic E-state index is -4.01. The van der Waals surface area contributed by atoms with Crippen LogP contribution in [0.25, 0.3) is 12.2 Å². The van der Waals surface area contributed by atoms with Gasteiger partial charge in [-0.15, -0.1) is 0 Å². The Bertz CT molecular complexity index is 1500. The molecule has 3 heterocycles. The van der Waals surface area contributed by atoms with Gasteiger partial charge in [-0.3, -0.25) is 4.79 Å². The second-order valence-corrected chi connectivity index (χ2v) is 11.4. The van der Waals surface area contributed by atoms with Gasteiger partial charge in [0, 0.05) is 30.6 Å². The number of halogens is 2. The summed E-state index contributed by atoms with van der Waals surface area (Å²) in [5.41, 5.74) is 0.961. The van der Waals surface area contributed by atoms with Gasteiger partial charge in [0.25, 0.3) is 0 Å². The Morgan fingerprint density at radius 1 is 1.11 bits per heavy atom. The van der Waals surface area contributed by atoms with Crippen LogP contribution in [0.3, 0.4) is 0 Å². The van der Waals surface area contributed by atoms with Gasteiger partial charge in [-0.2, -0.15) is 4.31 Å². The number of benzene rings is 2. The molecule has 11 heteroatoms. The Hall–Kier alpha value is -3.57. The summed E-state index contributed by atoms with van der Waals surface area (Å²) < 4.78 is 66.7. The van der Waals surface area contributed by atoms with Gasteiger partial charge in [-0.05, 0) is 63.1 Å². The molecule has 2 aliphatic rings. The van der Waals surface area contributed by atoms with E-state index in [9.17, 15) is 22.0 Å². The number of carbonyl (C=O) groups excluding carboxylic acids is 1. The lowest BCUT2D eigenvalue weighted by Crippen LogP contribution is -2.48. The third kappa shape index (κ3) is 4.95. The average Bonchev–Trinajstić information content (AvgIpc) is 3.28. The monoisotopic (exact) mass is 543 g/mol. The van der Waals surface area contributed by atoms with E-state index in [0.29, 0.717) is 25.1 Å². The molecule has 1 saturated heterocycles. The van der Waals surface area contributed by atoms with Gasteiger partial charge in [0.1, 0.15) is 29.2 Å². The zero-order chi connectivity index (χ0) is 27.0. The molecule has 2 aliphatic heterocycles. The molecule has 1 amide bonds. The second-order valence-electron chi connectivity index (χ2n) is 9.48. The van der Waals surface area contributed by atoms with Crippen molar-refractivity contribution in [3.05, 3.63) is 71.1 Å². The van der Waals surface area contributed by atoms with Crippen molar-refractivity contribution in [1.29, 1.82) is 0 Å². The Labute approximate surface area is 219 Å². The first-order chi connectivity index (χ1) is 18.1. The van der Waals surface area contributed by atoms with E-state index >= 15 is 0 Å². The number of carbonyl (C=O) groups is 1. The van der Waals surface area contributed by atoms with Crippen molar-refractivity contribution < 1.29 is 31.3 Å². The van der Waals surface area contributed by atoms with Gasteiger partial charge >= 0.3 is 0 Å². The second kappa shape index (κ2) is 10.3. The number of ether oxygens (including phenoxy) is 1. The number of sulfonamides is 1. The van der Waals surface area contributed by atoms with E-state index in [1.165, 1.54) is 29.4 Å². The number of nitrogens with zero attached hydrogens (tertiary/aromatic N) is 3. The molecule has 2 aromatic carbocycles. The highest BCUT2D eigenvalue weighted by Crippen LogP contribution is 2.36. The molecule has 1 fully saturated rings. The first-order valence-corrected chi connectivity index (χ1v) is 13.8. The maximum atomic E-state index is 14.0. The molecular formula is C27H27F2N3O5S. The molecule has 1 aromatic heterocycles. The van der Waals surface area contributed by atoms with Gasteiger partial charge in [0.15, 0.2) is 10.7 Å². The van der Waals surface area contributed by atoms with Crippen LogP contribution in [0, 0.1) is 24.5 Å². The maximum Gasteiger partial charge on any atom is 0.248 e. The van der Waals surface area contributed by atoms with Crippen LogP contribution < -0.4 is 9.64 Å². The third-order valence-corrected chi connectivity index (χ3v) is 8.86. The molecule has 1 atom stereocenters. The quantitative estimate of drug-likeness (QED) is 0.465. The van der Waals surface area contributed by atoms with Gasteiger partial charge < -0.3 is 14.2 Å². The normalized spacial score (nSPS) is 18.9. The topological polar surface area (TPSA) is 93.0 Å². The van der Waals surface area contributed by atoms with Crippen LogP contribution in [0.1, 0.15) is 36.8 Å². The standard InChI is InChI=1S/C27H27F2N3O5S/c1-17-16-32(23-5-3-4-6-24(23)36-17)27(33)20-11-13-31(14-12-20)38(34,35)26-18(2)30-37-25(26)10-8-19-7-9-21(28)15-22(19)29/h3-10,15,17,20H,11-14,16H2,1-2H3/b10-8+/t17-/m0/s1. The number of hydrogen-bond acceptors (Lipinski definition) is 6. The lowest BCUT2D eigenvalue weighted by molar-refractivity contribution is -0.124. The van der Waals surface area contributed by atoms with Crippen LogP contribution in [0.5, 0.6) is 5.75 Å². The fourth-order valence-electron chi connectivity index (χ4n) is 4.89. The van der Waals surface area contributed by atoms with Crippen molar-refractivity contribution in [3.63, 3.8) is 0 Å². The number of fused-ring (bicyclic) bond motifs is 1. The Kier molecular flexibility index (Phi) is 7.06. The van der Waals surface area contributed by atoms with Gasteiger partial charge in [0.05, 0.1) is 12.2 Å². The maximum absolute atomic E-state index is 14.0. The van der Waals surface area contributed by atoms with Crippen molar-refractivity contribution >= 4 is 33.8 Å². The zero-order valence-electron chi connectivity index (χ0n) is 20.9. The van der Waals surface area contributed by atoms with E-state index in [-0.39, 0.29) is 52.9 Å². The van der Waals surface area contributed by atoms with Crippen LogP contribution in [0.2, 0.25) is 0 Å². The number of aromatic nitrogens is 1. The molecule has 0 bridgehead atoms. The largest absolute Gasteiger partial charge is 0.487 e. The predicted molar refractivity (Wildman–Crippen MR) is 137 cm³/mol. The minimum absolute atomic E-state index is 0.0456. The highest BCUT2D eigenvalue weighted by molar-refractivity contribution is 7.89. The third-order valence-electron chi connectivity index (χ3n) is 6.80. The molecular weight excluding hydrogens is 516 g/mol. The van der Waals surface area contributed by atoms with Crippen LogP contribution in [-0.2, 0) is 14.8 Å². The van der Waals surface area contributed by atoms with E-state index in [4.69, 9.17) is 9.26 Å². The summed E-state index contributed by atoms with van der Waals surface area (Å²) in [6, 6.07) is 10.5. The molecule has 8 nitrogen and oxygen atoms in total. The van der Waals surface area contributed by atoms with Gasteiger partial charge in [0.2, 0.25) is 15.9 Å². The highest BCUT2D eigenvalue weighted by Gasteiger charge is 2.38. The molecule has 0 unspecified atom stereocenters. The average molecular weight is 544 g/mol. The van der Waals surface area contributed by atoms with Crippen molar-refractivity contribution in [3.8, 4) is 5.75 Å². The first kappa shape index (κ1) is 26.1. The lowest BCUT2D eigenvalue weighted by Gasteiger charge is -2.37. The molecule has 0 spiro atoms. The van der Waals surface area contributed by atoms with E-state index < -0.39 is 21.7 Å². The van der Waals surface area contributed by atoms with E-state index in [1.54, 1.807) is 4.90 Å². The summed E-state index contributed by atoms with van der Waals surface area (Å²) in [6.07, 6.45) is 3.18. The number of aryl methyl sites for hydroxylation is 1. The zero-order valence-corrected chi connectivity index (χ0v) is 21.7. The number of hydrogen-bond donors (Lipinski definition) is 0. The SMILES string of the molecule is Cc1noc(/C=C/c2ccc(F)cc2F)c1S(=O)(=O)N1CCC(C(=O)N2C[C@H](C)Oc3ccccc32)CC1. The first-order valence-electron chi connectivity index (χ1n) is 12.3. The molecule has 0 aliphatic carbocycles. The van der Waals surface area contributed by atoms with Crippen molar-refractivity contribution in [2.75, 3.05) is 24.5 Å². The fourth-order valence-corrected chi connectivity index (χ4v) is 6.61. The van der Waals surface area contributed by atoms with Gasteiger partial charge in [-0.1, -0.05) is 17.3 Å². The summed E-state index contributed by atoms with van der Waals surface area (Å²) in [5.74, 6) is -1.27. The number of anilines is 1. The number of piperidine rings is 1. The number of rotatable bonds is 5. The van der Waals surface area contributed by atoms with Crippen molar-refractivity contribution in [1.82, 2.24) is 9.46 Å². The minimum Gasteiger partial charge on any atom is -0.487 e. The van der Waals surface area contributed by atoms with Crippen LogP contribution in [-0.4, -0.2) is 49.5 Å². The summed E-state index contributed by atoms with van der Waals surface area (Å²) in [7, 11) is -4.01. The van der Waals surface area contributed by atoms with Crippen LogP contribution >= 0.6 is 0 Å². The number of para-hydroxylation sites is 2. The van der Waals surface area contributed by atoms with Crippen LogP contribution in [0.15, 0.2) is 51.9 Å². The Morgan fingerprint density at radius 2 is 1.84 bits per heavy atom. The van der Waals surface area contributed by atoms with Gasteiger partial charge in [-0.25, -0.2) is 17.2 Å². The molecule has 200 valence electrons.